The van der Waals surface area contributed by atoms with Crippen LogP contribution in [0.2, 0.25) is 0 Å². The van der Waals surface area contributed by atoms with Crippen LogP contribution in [0, 0.1) is 0 Å². The van der Waals surface area contributed by atoms with Crippen LogP contribution in [0.25, 0.3) is 10.9 Å². The molecule has 1 heterocycles. The number of carbonyl (C=O) groups is 2. The summed E-state index contributed by atoms with van der Waals surface area (Å²) < 4.78 is 12.7. The number of benzene rings is 1. The van der Waals surface area contributed by atoms with Gasteiger partial charge >= 0.3 is 5.97 Å². The maximum Gasteiger partial charge on any atom is 0.340 e. The van der Waals surface area contributed by atoms with E-state index in [2.05, 4.69) is 6.92 Å². The van der Waals surface area contributed by atoms with E-state index in [9.17, 15) is 9.59 Å². The predicted octanol–water partition coefficient (Wildman–Crippen LogP) is 5.33. The molecule has 1 aromatic heterocycles. The molecule has 0 atom stereocenters. The standard InChI is InChI=1S/C25H38N2O4/c1-5-6-16-26(2)24(28)13-11-9-7-8-10-12-17-31-25(29)22-19-27(3)23-15-14-20(30-4)18-21(22)23/h14-15,18-19H,5-13,16-17H2,1-4H3. The van der Waals surface area contributed by atoms with E-state index in [1.165, 1.54) is 0 Å². The third-order valence-corrected chi connectivity index (χ3v) is 5.71. The number of ether oxygens (including phenoxy) is 2. The first-order chi connectivity index (χ1) is 15.0. The number of fused-ring (bicyclic) bond motifs is 1. The van der Waals surface area contributed by atoms with Crippen molar-refractivity contribution in [3.05, 3.63) is 30.0 Å². The Bertz CT molecular complexity index is 843. The van der Waals surface area contributed by atoms with Gasteiger partial charge in [-0.2, -0.15) is 0 Å². The molecule has 0 radical (unpaired) electrons. The number of unbranched alkanes of at least 4 members (excludes halogenated alkanes) is 6. The Morgan fingerprint density at radius 1 is 1.03 bits per heavy atom. The number of methoxy groups -OCH3 is 1. The number of esters is 1. The number of amides is 1. The van der Waals surface area contributed by atoms with Gasteiger partial charge < -0.3 is 18.9 Å². The lowest BCUT2D eigenvalue weighted by Gasteiger charge is -2.16. The van der Waals surface area contributed by atoms with E-state index in [1.54, 1.807) is 7.11 Å². The highest BCUT2D eigenvalue weighted by Gasteiger charge is 2.16. The summed E-state index contributed by atoms with van der Waals surface area (Å²) in [7, 11) is 5.43. The lowest BCUT2D eigenvalue weighted by atomic mass is 10.1. The average Bonchev–Trinajstić information content (AvgIpc) is 3.11. The molecule has 1 aromatic carbocycles. The van der Waals surface area contributed by atoms with Crippen LogP contribution in [0.15, 0.2) is 24.4 Å². The monoisotopic (exact) mass is 430 g/mol. The van der Waals surface area contributed by atoms with Crippen LogP contribution < -0.4 is 4.74 Å². The van der Waals surface area contributed by atoms with Gasteiger partial charge in [0, 0.05) is 44.2 Å². The van der Waals surface area contributed by atoms with Gasteiger partial charge in [-0.1, -0.05) is 39.0 Å². The minimum atomic E-state index is -0.287. The second-order valence-corrected chi connectivity index (χ2v) is 8.21. The van der Waals surface area contributed by atoms with E-state index < -0.39 is 0 Å². The highest BCUT2D eigenvalue weighted by atomic mass is 16.5. The van der Waals surface area contributed by atoms with Crippen molar-refractivity contribution >= 4 is 22.8 Å². The van der Waals surface area contributed by atoms with Crippen LogP contribution >= 0.6 is 0 Å². The normalized spacial score (nSPS) is 11.0. The number of hydrogen-bond donors (Lipinski definition) is 0. The van der Waals surface area contributed by atoms with E-state index in [1.807, 2.05) is 48.0 Å². The van der Waals surface area contributed by atoms with Gasteiger partial charge in [-0.15, -0.1) is 0 Å². The van der Waals surface area contributed by atoms with Gasteiger partial charge in [0.05, 0.1) is 19.3 Å². The minimum absolute atomic E-state index is 0.256. The first kappa shape index (κ1) is 24.8. The van der Waals surface area contributed by atoms with Gasteiger partial charge in [0.25, 0.3) is 0 Å². The highest BCUT2D eigenvalue weighted by Crippen LogP contribution is 2.26. The molecule has 0 saturated heterocycles. The lowest BCUT2D eigenvalue weighted by molar-refractivity contribution is -0.130. The van der Waals surface area contributed by atoms with Crippen LogP contribution in [-0.2, 0) is 16.6 Å². The molecular formula is C25H38N2O4. The molecule has 0 aliphatic rings. The van der Waals surface area contributed by atoms with Crippen molar-refractivity contribution in [2.45, 2.75) is 64.7 Å². The van der Waals surface area contributed by atoms with Gasteiger partial charge in [-0.05, 0) is 37.5 Å². The lowest BCUT2D eigenvalue weighted by Crippen LogP contribution is -2.27. The van der Waals surface area contributed by atoms with E-state index in [0.717, 1.165) is 74.6 Å². The second kappa shape index (κ2) is 13.0. The number of hydrogen-bond acceptors (Lipinski definition) is 4. The molecule has 0 unspecified atom stereocenters. The van der Waals surface area contributed by atoms with E-state index >= 15 is 0 Å². The summed E-state index contributed by atoms with van der Waals surface area (Å²) in [5.74, 6) is 0.693. The molecule has 0 N–H and O–H groups in total. The Kier molecular flexibility index (Phi) is 10.4. The summed E-state index contributed by atoms with van der Waals surface area (Å²) in [6, 6.07) is 5.71. The zero-order valence-corrected chi connectivity index (χ0v) is 19.6. The molecule has 0 fully saturated rings. The predicted molar refractivity (Wildman–Crippen MR) is 125 cm³/mol. The van der Waals surface area contributed by atoms with Crippen molar-refractivity contribution < 1.29 is 19.1 Å². The van der Waals surface area contributed by atoms with E-state index in [-0.39, 0.29) is 11.9 Å². The first-order valence-corrected chi connectivity index (χ1v) is 11.5. The second-order valence-electron chi connectivity index (χ2n) is 8.21. The third-order valence-electron chi connectivity index (χ3n) is 5.71. The number of rotatable bonds is 14. The fourth-order valence-corrected chi connectivity index (χ4v) is 3.70. The molecule has 172 valence electrons. The molecule has 2 rings (SSSR count). The smallest absolute Gasteiger partial charge is 0.340 e. The molecular weight excluding hydrogens is 392 g/mol. The first-order valence-electron chi connectivity index (χ1n) is 11.5. The van der Waals surface area contributed by atoms with Crippen molar-refractivity contribution in [1.29, 1.82) is 0 Å². The summed E-state index contributed by atoms with van der Waals surface area (Å²) in [5, 5.41) is 0.849. The summed E-state index contributed by atoms with van der Waals surface area (Å²) in [6.45, 7) is 3.43. The van der Waals surface area contributed by atoms with E-state index in [4.69, 9.17) is 9.47 Å². The molecule has 0 saturated carbocycles. The van der Waals surface area contributed by atoms with Crippen molar-refractivity contribution in [1.82, 2.24) is 9.47 Å². The van der Waals surface area contributed by atoms with Crippen molar-refractivity contribution in [2.75, 3.05) is 27.3 Å². The van der Waals surface area contributed by atoms with Gasteiger partial charge in [-0.25, -0.2) is 4.79 Å². The molecule has 1 amide bonds. The van der Waals surface area contributed by atoms with Gasteiger partial charge in [-0.3, -0.25) is 4.79 Å². The van der Waals surface area contributed by atoms with Crippen LogP contribution in [0.1, 0.15) is 75.1 Å². The van der Waals surface area contributed by atoms with Gasteiger partial charge in [0.15, 0.2) is 0 Å². The Hall–Kier alpha value is -2.50. The largest absolute Gasteiger partial charge is 0.497 e. The van der Waals surface area contributed by atoms with Gasteiger partial charge in [0.1, 0.15) is 5.75 Å². The summed E-state index contributed by atoms with van der Waals surface area (Å²) in [6.07, 6.45) is 10.8. The number of nitrogens with zero attached hydrogens (tertiary/aromatic N) is 2. The molecule has 0 spiro atoms. The Morgan fingerprint density at radius 3 is 2.45 bits per heavy atom. The number of aromatic nitrogens is 1. The molecule has 31 heavy (non-hydrogen) atoms. The summed E-state index contributed by atoms with van der Waals surface area (Å²) >= 11 is 0. The number of carbonyl (C=O) groups excluding carboxylic acids is 2. The minimum Gasteiger partial charge on any atom is -0.497 e. The third kappa shape index (κ3) is 7.60. The summed E-state index contributed by atoms with van der Waals surface area (Å²) in [4.78, 5) is 26.4. The van der Waals surface area contributed by atoms with Crippen molar-refractivity contribution in [2.24, 2.45) is 7.05 Å². The molecule has 2 aromatic rings. The van der Waals surface area contributed by atoms with Crippen LogP contribution in [0.3, 0.4) is 0 Å². The molecule has 0 aliphatic heterocycles. The maximum atomic E-state index is 12.5. The molecule has 0 aliphatic carbocycles. The average molecular weight is 431 g/mol. The topological polar surface area (TPSA) is 60.8 Å². The van der Waals surface area contributed by atoms with Crippen LogP contribution in [0.4, 0.5) is 0 Å². The Labute approximate surface area is 186 Å². The fraction of sp³-hybridized carbons (Fsp3) is 0.600. The molecule has 6 heteroatoms. The Morgan fingerprint density at radius 2 is 1.74 bits per heavy atom. The van der Waals surface area contributed by atoms with Crippen LogP contribution in [0.5, 0.6) is 5.75 Å². The fourth-order valence-electron chi connectivity index (χ4n) is 3.70. The van der Waals surface area contributed by atoms with E-state index in [0.29, 0.717) is 18.6 Å². The number of aryl methyl sites for hydroxylation is 1. The molecule has 0 bridgehead atoms. The zero-order chi connectivity index (χ0) is 22.6. The molecule has 6 nitrogen and oxygen atoms in total. The SMILES string of the molecule is CCCCN(C)C(=O)CCCCCCCCOC(=O)c1cn(C)c2ccc(OC)cc12. The summed E-state index contributed by atoms with van der Waals surface area (Å²) in [5.41, 5.74) is 1.55. The maximum absolute atomic E-state index is 12.5. The zero-order valence-electron chi connectivity index (χ0n) is 19.6. The Balaban J connectivity index is 1.61. The van der Waals surface area contributed by atoms with Gasteiger partial charge in [0.2, 0.25) is 5.91 Å². The van der Waals surface area contributed by atoms with Crippen molar-refractivity contribution in [3.8, 4) is 5.75 Å². The van der Waals surface area contributed by atoms with Crippen molar-refractivity contribution in [3.63, 3.8) is 0 Å². The van der Waals surface area contributed by atoms with Crippen LogP contribution in [-0.4, -0.2) is 48.7 Å². The highest BCUT2D eigenvalue weighted by molar-refractivity contribution is 6.04. The quantitative estimate of drug-likeness (QED) is 0.300.